The molecule has 0 fully saturated rings. The summed E-state index contributed by atoms with van der Waals surface area (Å²) < 4.78 is 19.0. The summed E-state index contributed by atoms with van der Waals surface area (Å²) in [6.07, 6.45) is 0. The predicted molar refractivity (Wildman–Crippen MR) is 88.7 cm³/mol. The highest BCUT2D eigenvalue weighted by Gasteiger charge is 2.16. The summed E-state index contributed by atoms with van der Waals surface area (Å²) in [6, 6.07) is 10.8. The van der Waals surface area contributed by atoms with Crippen molar-refractivity contribution in [3.8, 4) is 0 Å². The Morgan fingerprint density at radius 2 is 2.04 bits per heavy atom. The molecule has 4 rings (SSSR count). The van der Waals surface area contributed by atoms with E-state index >= 15 is 0 Å². The van der Waals surface area contributed by atoms with Crippen molar-refractivity contribution >= 4 is 39.4 Å². The van der Waals surface area contributed by atoms with Crippen molar-refractivity contribution in [2.45, 2.75) is 0 Å². The van der Waals surface area contributed by atoms with Crippen molar-refractivity contribution < 1.29 is 18.4 Å². The number of anilines is 1. The lowest BCUT2D eigenvalue weighted by Gasteiger charge is -2.03. The van der Waals surface area contributed by atoms with Gasteiger partial charge < -0.3 is 15.5 Å². The van der Waals surface area contributed by atoms with Crippen molar-refractivity contribution in [1.82, 2.24) is 10.2 Å². The molecule has 0 aliphatic carbocycles. The van der Waals surface area contributed by atoms with Crippen LogP contribution in [0.2, 0.25) is 0 Å². The van der Waals surface area contributed by atoms with E-state index in [2.05, 4.69) is 15.5 Å². The number of H-pyrrole nitrogens is 1. The average molecular weight is 338 g/mol. The number of hydrogen-bond donors (Lipinski definition) is 3. The molecule has 2 aromatic heterocycles. The average Bonchev–Trinajstić information content (AvgIpc) is 3.19. The van der Waals surface area contributed by atoms with E-state index in [1.165, 1.54) is 18.2 Å². The lowest BCUT2D eigenvalue weighted by Crippen LogP contribution is -2.12. The highest BCUT2D eigenvalue weighted by atomic mass is 19.1. The number of para-hydroxylation sites is 1. The van der Waals surface area contributed by atoms with Crippen molar-refractivity contribution in [1.29, 1.82) is 0 Å². The highest BCUT2D eigenvalue weighted by molar-refractivity contribution is 6.08. The quantitative estimate of drug-likeness (QED) is 0.533. The fourth-order valence-electron chi connectivity index (χ4n) is 2.61. The smallest absolute Gasteiger partial charge is 0.291 e. The first-order valence-corrected chi connectivity index (χ1v) is 7.30. The van der Waals surface area contributed by atoms with E-state index < -0.39 is 17.6 Å². The van der Waals surface area contributed by atoms with Gasteiger partial charge in [0.2, 0.25) is 0 Å². The molecule has 124 valence electrons. The molecule has 7 nitrogen and oxygen atoms in total. The lowest BCUT2D eigenvalue weighted by atomic mass is 10.2. The summed E-state index contributed by atoms with van der Waals surface area (Å²) in [6.45, 7) is 0. The Morgan fingerprint density at radius 1 is 1.20 bits per heavy atom. The molecule has 2 amide bonds. The van der Waals surface area contributed by atoms with Gasteiger partial charge in [0.1, 0.15) is 0 Å². The van der Waals surface area contributed by atoms with Crippen LogP contribution < -0.4 is 11.1 Å². The maximum Gasteiger partial charge on any atom is 0.291 e. The zero-order valence-corrected chi connectivity index (χ0v) is 12.7. The number of halogens is 1. The molecule has 0 bridgehead atoms. The molecule has 0 atom stereocenters. The normalized spacial score (nSPS) is 11.1. The van der Waals surface area contributed by atoms with Crippen LogP contribution in [0.1, 0.15) is 21.0 Å². The summed E-state index contributed by atoms with van der Waals surface area (Å²) in [5.41, 5.74) is 6.39. The van der Waals surface area contributed by atoms with Gasteiger partial charge in [-0.3, -0.25) is 14.7 Å². The summed E-state index contributed by atoms with van der Waals surface area (Å²) >= 11 is 0. The zero-order valence-electron chi connectivity index (χ0n) is 12.7. The van der Waals surface area contributed by atoms with Gasteiger partial charge >= 0.3 is 0 Å². The van der Waals surface area contributed by atoms with E-state index in [-0.39, 0.29) is 17.0 Å². The number of primary amides is 1. The SMILES string of the molecule is NC(=O)c1n[nH]c2ccc(NC(=O)c3cc4cccc(F)c4o3)cc12. The molecule has 2 heterocycles. The zero-order chi connectivity index (χ0) is 17.6. The van der Waals surface area contributed by atoms with Gasteiger partial charge in [0, 0.05) is 16.5 Å². The number of carbonyl (C=O) groups is 2. The van der Waals surface area contributed by atoms with Crippen LogP contribution >= 0.6 is 0 Å². The highest BCUT2D eigenvalue weighted by Crippen LogP contribution is 2.24. The summed E-state index contributed by atoms with van der Waals surface area (Å²) in [4.78, 5) is 23.7. The number of nitrogens with zero attached hydrogens (tertiary/aromatic N) is 1. The molecular formula is C17H11FN4O3. The first kappa shape index (κ1) is 14.9. The Balaban J connectivity index is 1.67. The van der Waals surface area contributed by atoms with E-state index in [4.69, 9.17) is 10.2 Å². The molecule has 0 aliphatic heterocycles. The van der Waals surface area contributed by atoms with E-state index in [0.29, 0.717) is 22.0 Å². The number of amides is 2. The molecule has 0 aliphatic rings. The number of nitrogens with two attached hydrogens (primary N) is 1. The number of nitrogens with one attached hydrogen (secondary N) is 2. The van der Waals surface area contributed by atoms with E-state index in [9.17, 15) is 14.0 Å². The first-order valence-electron chi connectivity index (χ1n) is 7.30. The minimum absolute atomic E-state index is 0.0222. The summed E-state index contributed by atoms with van der Waals surface area (Å²) in [7, 11) is 0. The molecule has 0 saturated carbocycles. The number of hydrogen-bond acceptors (Lipinski definition) is 4. The number of furan rings is 1. The third-order valence-electron chi connectivity index (χ3n) is 3.77. The third-order valence-corrected chi connectivity index (χ3v) is 3.77. The molecule has 0 spiro atoms. The number of rotatable bonds is 3. The van der Waals surface area contributed by atoms with Gasteiger partial charge in [0.15, 0.2) is 22.9 Å². The monoisotopic (exact) mass is 338 g/mol. The Labute approximate surface area is 139 Å². The molecule has 4 N–H and O–H groups in total. The van der Waals surface area contributed by atoms with Gasteiger partial charge in [0.25, 0.3) is 11.8 Å². The third kappa shape index (κ3) is 2.49. The van der Waals surface area contributed by atoms with Crippen LogP contribution in [-0.2, 0) is 0 Å². The molecule has 4 aromatic rings. The van der Waals surface area contributed by atoms with Crippen LogP contribution in [0.5, 0.6) is 0 Å². The Hall–Kier alpha value is -3.68. The van der Waals surface area contributed by atoms with E-state index in [0.717, 1.165) is 0 Å². The Bertz CT molecular complexity index is 1150. The summed E-state index contributed by atoms with van der Waals surface area (Å²) in [5, 5.41) is 10.1. The molecule has 8 heteroatoms. The van der Waals surface area contributed by atoms with Crippen LogP contribution in [-0.4, -0.2) is 22.0 Å². The second kappa shape index (κ2) is 5.45. The number of aromatic nitrogens is 2. The number of benzene rings is 2. The van der Waals surface area contributed by atoms with Gasteiger partial charge in [-0.15, -0.1) is 0 Å². The topological polar surface area (TPSA) is 114 Å². The summed E-state index contributed by atoms with van der Waals surface area (Å²) in [5.74, 6) is -1.79. The molecule has 2 aromatic carbocycles. The van der Waals surface area contributed by atoms with Crippen molar-refractivity contribution in [2.24, 2.45) is 5.73 Å². The molecule has 0 saturated heterocycles. The maximum absolute atomic E-state index is 13.7. The molecule has 0 unspecified atom stereocenters. The van der Waals surface area contributed by atoms with Crippen molar-refractivity contribution in [3.05, 3.63) is 59.7 Å². The van der Waals surface area contributed by atoms with Crippen LogP contribution in [0.25, 0.3) is 21.9 Å². The van der Waals surface area contributed by atoms with Gasteiger partial charge in [-0.25, -0.2) is 4.39 Å². The standard InChI is InChI=1S/C17H11FN4O3/c18-11-3-1-2-8-6-13(25-15(8)11)17(24)20-9-4-5-12-10(7-9)14(16(19)23)22-21-12/h1-7H,(H2,19,23)(H,20,24)(H,21,22). The van der Waals surface area contributed by atoms with Crippen LogP contribution in [0.4, 0.5) is 10.1 Å². The van der Waals surface area contributed by atoms with Crippen LogP contribution in [0, 0.1) is 5.82 Å². The van der Waals surface area contributed by atoms with E-state index in [1.54, 1.807) is 24.3 Å². The largest absolute Gasteiger partial charge is 0.448 e. The predicted octanol–water partition coefficient (Wildman–Crippen LogP) is 2.80. The molecular weight excluding hydrogens is 327 g/mol. The van der Waals surface area contributed by atoms with Gasteiger partial charge in [-0.1, -0.05) is 12.1 Å². The van der Waals surface area contributed by atoms with E-state index in [1.807, 2.05) is 0 Å². The fraction of sp³-hybridized carbons (Fsp3) is 0. The Kier molecular flexibility index (Phi) is 3.24. The van der Waals surface area contributed by atoms with Crippen LogP contribution in [0.3, 0.4) is 0 Å². The second-order valence-corrected chi connectivity index (χ2v) is 5.42. The lowest BCUT2D eigenvalue weighted by molar-refractivity contribution is 0.0990. The van der Waals surface area contributed by atoms with Crippen molar-refractivity contribution in [2.75, 3.05) is 5.32 Å². The fourth-order valence-corrected chi connectivity index (χ4v) is 2.61. The molecule has 0 radical (unpaired) electrons. The maximum atomic E-state index is 13.7. The molecule has 25 heavy (non-hydrogen) atoms. The number of carbonyl (C=O) groups excluding carboxylic acids is 2. The van der Waals surface area contributed by atoms with Gasteiger partial charge in [-0.2, -0.15) is 5.10 Å². The minimum Gasteiger partial charge on any atom is -0.448 e. The van der Waals surface area contributed by atoms with Crippen molar-refractivity contribution in [3.63, 3.8) is 0 Å². The minimum atomic E-state index is -0.678. The number of fused-ring (bicyclic) bond motifs is 2. The first-order chi connectivity index (χ1) is 12.0. The van der Waals surface area contributed by atoms with Gasteiger partial charge in [0.05, 0.1) is 5.52 Å². The second-order valence-electron chi connectivity index (χ2n) is 5.42. The Morgan fingerprint density at radius 3 is 2.80 bits per heavy atom. The number of aromatic amines is 1. The van der Waals surface area contributed by atoms with Gasteiger partial charge in [-0.05, 0) is 30.3 Å². The van der Waals surface area contributed by atoms with Crippen LogP contribution in [0.15, 0.2) is 46.9 Å².